The summed E-state index contributed by atoms with van der Waals surface area (Å²) in [7, 11) is -1.79. The van der Waals surface area contributed by atoms with Crippen molar-refractivity contribution in [3.05, 3.63) is 24.0 Å². The first kappa shape index (κ1) is 9.49. The van der Waals surface area contributed by atoms with Gasteiger partial charge in [-0.3, -0.25) is 0 Å². The Bertz CT molecular complexity index is 339. The van der Waals surface area contributed by atoms with Gasteiger partial charge in [0.25, 0.3) is 0 Å². The molecule has 1 aliphatic rings. The van der Waals surface area contributed by atoms with Crippen LogP contribution in [-0.4, -0.2) is 23.3 Å². The Hall–Kier alpha value is -1.07. The van der Waals surface area contributed by atoms with Crippen molar-refractivity contribution in [1.82, 2.24) is 0 Å². The molecule has 1 aliphatic carbocycles. The third-order valence-corrected chi connectivity index (χ3v) is 2.09. The first-order valence-corrected chi connectivity index (χ1v) is 4.49. The molecule has 1 fully saturated rings. The molecule has 2 N–H and O–H groups in total. The number of hydrogen-bond acceptors (Lipinski definition) is 3. The normalized spacial score (nSPS) is 15.4. The summed E-state index contributed by atoms with van der Waals surface area (Å²) in [5, 5.41) is 17.7. The van der Waals surface area contributed by atoms with E-state index in [2.05, 4.69) is 0 Å². The van der Waals surface area contributed by atoms with Crippen LogP contribution >= 0.6 is 0 Å². The van der Waals surface area contributed by atoms with Crippen LogP contribution in [0.5, 0.6) is 5.75 Å². The van der Waals surface area contributed by atoms with Crippen molar-refractivity contribution < 1.29 is 19.2 Å². The van der Waals surface area contributed by atoms with Crippen LogP contribution in [0.3, 0.4) is 0 Å². The van der Waals surface area contributed by atoms with Gasteiger partial charge < -0.3 is 14.8 Å². The van der Waals surface area contributed by atoms with Gasteiger partial charge in [0.1, 0.15) is 0 Å². The second kappa shape index (κ2) is 3.59. The molecule has 0 spiro atoms. The van der Waals surface area contributed by atoms with Crippen molar-refractivity contribution in [2.45, 2.75) is 18.9 Å². The lowest BCUT2D eigenvalue weighted by molar-refractivity contribution is 0.288. The highest BCUT2D eigenvalue weighted by Gasteiger charge is 2.26. The molecule has 0 aliphatic heterocycles. The lowest BCUT2D eigenvalue weighted by Gasteiger charge is -2.08. The molecular weight excluding hydrogens is 186 g/mol. The van der Waals surface area contributed by atoms with Gasteiger partial charge in [-0.15, -0.1) is 0 Å². The van der Waals surface area contributed by atoms with Crippen LogP contribution < -0.4 is 10.2 Å². The number of rotatable bonds is 3. The quantitative estimate of drug-likeness (QED) is 0.671. The summed E-state index contributed by atoms with van der Waals surface area (Å²) in [5.74, 6) is -0.590. The fraction of sp³-hybridized carbons (Fsp3) is 0.333. The van der Waals surface area contributed by atoms with E-state index >= 15 is 0 Å². The highest BCUT2D eigenvalue weighted by atomic mass is 19.1. The first-order chi connectivity index (χ1) is 6.68. The van der Waals surface area contributed by atoms with E-state index in [4.69, 9.17) is 14.8 Å². The first-order valence-electron chi connectivity index (χ1n) is 4.49. The highest BCUT2D eigenvalue weighted by molar-refractivity contribution is 6.58. The molecule has 0 aromatic heterocycles. The molecule has 0 radical (unpaired) electrons. The van der Waals surface area contributed by atoms with E-state index in [1.54, 1.807) is 0 Å². The average Bonchev–Trinajstić information content (AvgIpc) is 2.92. The predicted octanol–water partition coefficient (Wildman–Crippen LogP) is 0.0467. The van der Waals surface area contributed by atoms with E-state index < -0.39 is 12.9 Å². The molecule has 1 aromatic carbocycles. The zero-order valence-electron chi connectivity index (χ0n) is 7.48. The van der Waals surface area contributed by atoms with E-state index in [0.29, 0.717) is 0 Å². The Kier molecular flexibility index (Phi) is 2.43. The third kappa shape index (κ3) is 1.88. The standard InChI is InChI=1S/C9H10BFO3/c11-9-7(10(12)13)2-1-3-8(9)14-6-4-5-6/h1-3,6,12-13H,4-5H2. The second-order valence-corrected chi connectivity index (χ2v) is 3.35. The SMILES string of the molecule is OB(O)c1cccc(OC2CC2)c1F. The summed E-state index contributed by atoms with van der Waals surface area (Å²) in [4.78, 5) is 0. The summed E-state index contributed by atoms with van der Waals surface area (Å²) < 4.78 is 18.7. The Morgan fingerprint density at radius 2 is 2.07 bits per heavy atom. The van der Waals surface area contributed by atoms with Crippen molar-refractivity contribution >= 4 is 12.6 Å². The summed E-state index contributed by atoms with van der Waals surface area (Å²) in [6.07, 6.45) is 1.96. The van der Waals surface area contributed by atoms with E-state index in [1.807, 2.05) is 0 Å². The average molecular weight is 196 g/mol. The fourth-order valence-electron chi connectivity index (χ4n) is 1.18. The molecule has 14 heavy (non-hydrogen) atoms. The topological polar surface area (TPSA) is 49.7 Å². The molecule has 3 nitrogen and oxygen atoms in total. The Labute approximate surface area is 81.3 Å². The highest BCUT2D eigenvalue weighted by Crippen LogP contribution is 2.27. The van der Waals surface area contributed by atoms with Crippen LogP contribution in [0, 0.1) is 5.82 Å². The van der Waals surface area contributed by atoms with E-state index in [0.717, 1.165) is 12.8 Å². The van der Waals surface area contributed by atoms with E-state index in [1.165, 1.54) is 18.2 Å². The zero-order valence-corrected chi connectivity index (χ0v) is 7.48. The smallest absolute Gasteiger partial charge is 0.487 e. The Morgan fingerprint density at radius 3 is 2.64 bits per heavy atom. The number of ether oxygens (including phenoxy) is 1. The fourth-order valence-corrected chi connectivity index (χ4v) is 1.18. The molecule has 5 heteroatoms. The van der Waals surface area contributed by atoms with Crippen LogP contribution in [0.4, 0.5) is 4.39 Å². The molecule has 0 unspecified atom stereocenters. The van der Waals surface area contributed by atoms with Crippen molar-refractivity contribution in [3.8, 4) is 5.75 Å². The zero-order chi connectivity index (χ0) is 10.1. The summed E-state index contributed by atoms with van der Waals surface area (Å²) >= 11 is 0. The van der Waals surface area contributed by atoms with Crippen molar-refractivity contribution in [2.75, 3.05) is 0 Å². The van der Waals surface area contributed by atoms with Crippen molar-refractivity contribution in [1.29, 1.82) is 0 Å². The van der Waals surface area contributed by atoms with Crippen LogP contribution in [-0.2, 0) is 0 Å². The summed E-state index contributed by atoms with van der Waals surface area (Å²) in [6, 6.07) is 4.34. The molecule has 0 amide bonds. The van der Waals surface area contributed by atoms with Gasteiger partial charge in [-0.1, -0.05) is 12.1 Å². The molecular formula is C9H10BFO3. The number of benzene rings is 1. The van der Waals surface area contributed by atoms with Gasteiger partial charge in [-0.25, -0.2) is 4.39 Å². The minimum atomic E-state index is -1.79. The van der Waals surface area contributed by atoms with Crippen LogP contribution in [0.15, 0.2) is 18.2 Å². The van der Waals surface area contributed by atoms with Gasteiger partial charge in [0, 0.05) is 5.46 Å². The van der Waals surface area contributed by atoms with Gasteiger partial charge in [-0.2, -0.15) is 0 Å². The van der Waals surface area contributed by atoms with Gasteiger partial charge in [0.15, 0.2) is 11.6 Å². The molecule has 2 rings (SSSR count). The summed E-state index contributed by atoms with van der Waals surface area (Å²) in [6.45, 7) is 0. The van der Waals surface area contributed by atoms with Gasteiger partial charge in [-0.05, 0) is 18.9 Å². The van der Waals surface area contributed by atoms with E-state index in [9.17, 15) is 4.39 Å². The van der Waals surface area contributed by atoms with Gasteiger partial charge in [0.05, 0.1) is 6.10 Å². The predicted molar refractivity (Wildman–Crippen MR) is 49.9 cm³/mol. The van der Waals surface area contributed by atoms with Crippen molar-refractivity contribution in [2.24, 2.45) is 0 Å². The number of hydrogen-bond donors (Lipinski definition) is 2. The summed E-state index contributed by atoms with van der Waals surface area (Å²) in [5.41, 5.74) is -0.150. The maximum absolute atomic E-state index is 13.5. The third-order valence-electron chi connectivity index (χ3n) is 2.09. The largest absolute Gasteiger partial charge is 0.491 e. The maximum atomic E-state index is 13.5. The maximum Gasteiger partial charge on any atom is 0.491 e. The molecule has 0 saturated heterocycles. The molecule has 0 bridgehead atoms. The molecule has 0 atom stereocenters. The lowest BCUT2D eigenvalue weighted by atomic mass is 9.80. The Balaban J connectivity index is 2.25. The van der Waals surface area contributed by atoms with Gasteiger partial charge >= 0.3 is 7.12 Å². The van der Waals surface area contributed by atoms with Crippen molar-refractivity contribution in [3.63, 3.8) is 0 Å². The van der Waals surface area contributed by atoms with Crippen LogP contribution in [0.1, 0.15) is 12.8 Å². The molecule has 74 valence electrons. The number of halogens is 1. The molecule has 0 heterocycles. The lowest BCUT2D eigenvalue weighted by Crippen LogP contribution is -2.33. The van der Waals surface area contributed by atoms with Crippen LogP contribution in [0.2, 0.25) is 0 Å². The van der Waals surface area contributed by atoms with E-state index in [-0.39, 0.29) is 17.3 Å². The molecule has 1 saturated carbocycles. The monoisotopic (exact) mass is 196 g/mol. The minimum absolute atomic E-state index is 0.0931. The second-order valence-electron chi connectivity index (χ2n) is 3.35. The minimum Gasteiger partial charge on any atom is -0.487 e. The molecule has 1 aromatic rings. The van der Waals surface area contributed by atoms with Crippen LogP contribution in [0.25, 0.3) is 0 Å². The van der Waals surface area contributed by atoms with Gasteiger partial charge in [0.2, 0.25) is 0 Å². The Morgan fingerprint density at radius 1 is 1.36 bits per heavy atom.